The molecule has 100 valence electrons. The van der Waals surface area contributed by atoms with Crippen LogP contribution in [0, 0.1) is 10.1 Å². The maximum absolute atomic E-state index is 11.1. The molecule has 1 aliphatic rings. The molecule has 7 nitrogen and oxygen atoms in total. The Kier molecular flexibility index (Phi) is 3.89. The average molecular weight is 262 g/mol. The second kappa shape index (κ2) is 5.60. The fourth-order valence-corrected chi connectivity index (χ4v) is 2.10. The van der Waals surface area contributed by atoms with Gasteiger partial charge >= 0.3 is 0 Å². The first-order valence-electron chi connectivity index (χ1n) is 5.91. The molecule has 0 atom stereocenters. The van der Waals surface area contributed by atoms with Gasteiger partial charge in [0, 0.05) is 32.2 Å². The van der Waals surface area contributed by atoms with E-state index in [-0.39, 0.29) is 11.4 Å². The van der Waals surface area contributed by atoms with E-state index < -0.39 is 4.92 Å². The summed E-state index contributed by atoms with van der Waals surface area (Å²) in [6, 6.07) is 4.53. The Bertz CT molecular complexity index is 532. The van der Waals surface area contributed by atoms with E-state index in [0.717, 1.165) is 26.2 Å². The Morgan fingerprint density at radius 2 is 2.00 bits per heavy atom. The average Bonchev–Trinajstić information content (AvgIpc) is 2.40. The number of nitrogens with zero attached hydrogens (tertiary/aromatic N) is 4. The zero-order chi connectivity index (χ0) is 13.8. The van der Waals surface area contributed by atoms with E-state index in [1.807, 2.05) is 11.9 Å². The van der Waals surface area contributed by atoms with Gasteiger partial charge in [-0.15, -0.1) is 0 Å². The van der Waals surface area contributed by atoms with Crippen LogP contribution in [0.1, 0.15) is 0 Å². The van der Waals surface area contributed by atoms with Crippen LogP contribution in [0.3, 0.4) is 0 Å². The molecule has 0 amide bonds. The van der Waals surface area contributed by atoms with E-state index in [1.54, 1.807) is 12.1 Å². The third-order valence-corrected chi connectivity index (χ3v) is 3.17. The summed E-state index contributed by atoms with van der Waals surface area (Å²) in [5.74, 6) is 0. The molecule has 1 saturated heterocycles. The molecular weight excluding hydrogens is 248 g/mol. The van der Waals surface area contributed by atoms with Crippen LogP contribution in [0.15, 0.2) is 23.2 Å². The molecule has 1 fully saturated rings. The maximum Gasteiger partial charge on any atom is 0.294 e. The number of likely N-dealkylation sites (N-methyl/N-ethyl adjacent to an activating group) is 1. The number of anilines is 1. The minimum Gasteiger partial charge on any atom is -0.363 e. The van der Waals surface area contributed by atoms with Crippen molar-refractivity contribution in [3.8, 4) is 0 Å². The van der Waals surface area contributed by atoms with Gasteiger partial charge in [-0.2, -0.15) is 4.99 Å². The lowest BCUT2D eigenvalue weighted by atomic mass is 10.2. The molecule has 1 heterocycles. The molecule has 19 heavy (non-hydrogen) atoms. The minimum atomic E-state index is -0.447. The molecule has 1 aromatic rings. The zero-order valence-corrected chi connectivity index (χ0v) is 10.6. The van der Waals surface area contributed by atoms with Crippen molar-refractivity contribution >= 4 is 23.1 Å². The van der Waals surface area contributed by atoms with E-state index in [4.69, 9.17) is 0 Å². The van der Waals surface area contributed by atoms with Crippen LogP contribution in [-0.4, -0.2) is 49.1 Å². The standard InChI is InChI=1S/C12H14N4O3/c1-14-4-6-15(7-5-14)11-3-2-10(13-9-17)8-12(11)16(18)19/h2-3,8H,4-7H2,1H3. The molecule has 0 radical (unpaired) electrons. The van der Waals surface area contributed by atoms with Gasteiger partial charge in [-0.25, -0.2) is 4.79 Å². The number of benzene rings is 1. The zero-order valence-electron chi connectivity index (χ0n) is 10.6. The van der Waals surface area contributed by atoms with Crippen LogP contribution in [0.2, 0.25) is 0 Å². The van der Waals surface area contributed by atoms with Gasteiger partial charge in [-0.05, 0) is 19.2 Å². The van der Waals surface area contributed by atoms with Crippen molar-refractivity contribution in [2.24, 2.45) is 4.99 Å². The number of isocyanates is 1. The Labute approximate surface area is 110 Å². The molecule has 0 N–H and O–H groups in total. The van der Waals surface area contributed by atoms with Crippen LogP contribution in [0.4, 0.5) is 17.1 Å². The third-order valence-electron chi connectivity index (χ3n) is 3.17. The molecule has 0 unspecified atom stereocenters. The highest BCUT2D eigenvalue weighted by Crippen LogP contribution is 2.32. The first kappa shape index (κ1) is 13.2. The highest BCUT2D eigenvalue weighted by atomic mass is 16.6. The molecule has 0 bridgehead atoms. The largest absolute Gasteiger partial charge is 0.363 e. The number of hydrogen-bond donors (Lipinski definition) is 0. The number of nitro groups is 1. The molecule has 0 aliphatic carbocycles. The van der Waals surface area contributed by atoms with Crippen LogP contribution < -0.4 is 4.90 Å². The summed E-state index contributed by atoms with van der Waals surface area (Å²) in [6.07, 6.45) is 1.39. The SMILES string of the molecule is CN1CCN(c2ccc(N=C=O)cc2[N+](=O)[O-])CC1. The fraction of sp³-hybridized carbons (Fsp3) is 0.417. The summed E-state index contributed by atoms with van der Waals surface area (Å²) < 4.78 is 0. The monoisotopic (exact) mass is 262 g/mol. The Morgan fingerprint density at radius 1 is 1.32 bits per heavy atom. The summed E-state index contributed by atoms with van der Waals surface area (Å²) in [7, 11) is 2.02. The van der Waals surface area contributed by atoms with Crippen molar-refractivity contribution in [1.29, 1.82) is 0 Å². The Hall–Kier alpha value is -2.24. The number of nitro benzene ring substituents is 1. The maximum atomic E-state index is 11.1. The van der Waals surface area contributed by atoms with Crippen molar-refractivity contribution in [2.45, 2.75) is 0 Å². The summed E-state index contributed by atoms with van der Waals surface area (Å²) in [6.45, 7) is 3.22. The first-order chi connectivity index (χ1) is 9.11. The van der Waals surface area contributed by atoms with Gasteiger partial charge in [-0.1, -0.05) is 0 Å². The van der Waals surface area contributed by atoms with Crippen LogP contribution in [0.5, 0.6) is 0 Å². The van der Waals surface area contributed by atoms with E-state index in [2.05, 4.69) is 9.89 Å². The van der Waals surface area contributed by atoms with Gasteiger partial charge < -0.3 is 9.80 Å². The molecule has 2 rings (SSSR count). The minimum absolute atomic E-state index is 0.0268. The van der Waals surface area contributed by atoms with Crippen LogP contribution >= 0.6 is 0 Å². The van der Waals surface area contributed by atoms with Gasteiger partial charge in [0.05, 0.1) is 10.6 Å². The number of carbonyl (C=O) groups excluding carboxylic acids is 1. The lowest BCUT2D eigenvalue weighted by molar-refractivity contribution is -0.384. The van der Waals surface area contributed by atoms with Gasteiger partial charge in [0.2, 0.25) is 6.08 Å². The van der Waals surface area contributed by atoms with Gasteiger partial charge in [0.15, 0.2) is 0 Å². The highest BCUT2D eigenvalue weighted by molar-refractivity contribution is 5.69. The van der Waals surface area contributed by atoms with Gasteiger partial charge in [0.25, 0.3) is 5.69 Å². The fourth-order valence-electron chi connectivity index (χ4n) is 2.10. The van der Waals surface area contributed by atoms with E-state index >= 15 is 0 Å². The highest BCUT2D eigenvalue weighted by Gasteiger charge is 2.22. The summed E-state index contributed by atoms with van der Waals surface area (Å²) >= 11 is 0. The summed E-state index contributed by atoms with van der Waals surface area (Å²) in [5, 5.41) is 11.1. The van der Waals surface area contributed by atoms with Crippen LogP contribution in [-0.2, 0) is 4.79 Å². The second-order valence-electron chi connectivity index (χ2n) is 4.42. The Balaban J connectivity index is 2.34. The number of hydrogen-bond acceptors (Lipinski definition) is 6. The predicted molar refractivity (Wildman–Crippen MR) is 70.6 cm³/mol. The van der Waals surface area contributed by atoms with Crippen molar-refractivity contribution in [3.05, 3.63) is 28.3 Å². The number of aliphatic imine (C=N–C) groups is 1. The lowest BCUT2D eigenvalue weighted by Gasteiger charge is -2.33. The summed E-state index contributed by atoms with van der Waals surface area (Å²) in [4.78, 5) is 28.4. The molecule has 0 aromatic heterocycles. The molecule has 1 aromatic carbocycles. The third kappa shape index (κ3) is 2.96. The van der Waals surface area contributed by atoms with E-state index in [1.165, 1.54) is 12.1 Å². The normalized spacial score (nSPS) is 15.9. The number of piperazine rings is 1. The lowest BCUT2D eigenvalue weighted by Crippen LogP contribution is -2.44. The quantitative estimate of drug-likeness (QED) is 0.355. The number of rotatable bonds is 3. The van der Waals surface area contributed by atoms with Crippen molar-refractivity contribution in [1.82, 2.24) is 4.90 Å². The Morgan fingerprint density at radius 3 is 2.58 bits per heavy atom. The predicted octanol–water partition coefficient (Wildman–Crippen LogP) is 1.31. The first-order valence-corrected chi connectivity index (χ1v) is 5.91. The van der Waals surface area contributed by atoms with Crippen molar-refractivity contribution in [2.75, 3.05) is 38.1 Å². The molecule has 0 spiro atoms. The van der Waals surface area contributed by atoms with Crippen molar-refractivity contribution < 1.29 is 9.72 Å². The topological polar surface area (TPSA) is 79.0 Å². The molecular formula is C12H14N4O3. The molecule has 1 aliphatic heterocycles. The van der Waals surface area contributed by atoms with E-state index in [0.29, 0.717) is 5.69 Å². The van der Waals surface area contributed by atoms with Gasteiger partial charge in [-0.3, -0.25) is 10.1 Å². The smallest absolute Gasteiger partial charge is 0.294 e. The summed E-state index contributed by atoms with van der Waals surface area (Å²) in [5.41, 5.74) is 0.795. The van der Waals surface area contributed by atoms with Crippen molar-refractivity contribution in [3.63, 3.8) is 0 Å². The molecule has 0 saturated carbocycles. The molecule has 7 heteroatoms. The van der Waals surface area contributed by atoms with E-state index in [9.17, 15) is 14.9 Å². The van der Waals surface area contributed by atoms with Crippen LogP contribution in [0.25, 0.3) is 0 Å². The second-order valence-corrected chi connectivity index (χ2v) is 4.42. The van der Waals surface area contributed by atoms with Gasteiger partial charge in [0.1, 0.15) is 5.69 Å².